The Balaban J connectivity index is 1.37. The van der Waals surface area contributed by atoms with Crippen LogP contribution in [0.1, 0.15) is 11.4 Å². The van der Waals surface area contributed by atoms with Crippen molar-refractivity contribution in [1.82, 2.24) is 14.9 Å². The average Bonchev–Trinajstić information content (AvgIpc) is 2.77. The number of anilines is 1. The van der Waals surface area contributed by atoms with Gasteiger partial charge in [-0.1, -0.05) is 48.2 Å². The van der Waals surface area contributed by atoms with Crippen molar-refractivity contribution in [2.45, 2.75) is 11.9 Å². The van der Waals surface area contributed by atoms with E-state index in [0.29, 0.717) is 5.75 Å². The van der Waals surface area contributed by atoms with E-state index in [1.54, 1.807) is 12.1 Å². The zero-order chi connectivity index (χ0) is 22.0. The molecule has 10 heteroatoms. The normalized spacial score (nSPS) is 14.8. The molecule has 31 heavy (non-hydrogen) atoms. The Kier molecular flexibility index (Phi) is 6.19. The number of aromatic amines is 1. The molecule has 0 amide bonds. The molecule has 162 valence electrons. The highest BCUT2D eigenvalue weighted by Crippen LogP contribution is 2.27. The minimum Gasteiger partial charge on any atom is -0.368 e. The van der Waals surface area contributed by atoms with Crippen LogP contribution in [0.5, 0.6) is 0 Å². The Bertz CT molecular complexity index is 1140. The number of piperazine rings is 1. The summed E-state index contributed by atoms with van der Waals surface area (Å²) in [7, 11) is 0. The highest BCUT2D eigenvalue weighted by Gasteiger charge is 2.34. The fraction of sp³-hybridized carbons (Fsp3) is 0.286. The highest BCUT2D eigenvalue weighted by atomic mass is 32.2. The van der Waals surface area contributed by atoms with Crippen molar-refractivity contribution in [1.29, 1.82) is 0 Å². The number of aromatic nitrogens is 2. The van der Waals surface area contributed by atoms with Crippen molar-refractivity contribution in [3.63, 3.8) is 0 Å². The summed E-state index contributed by atoms with van der Waals surface area (Å²) >= 11 is 7.05. The molecule has 0 radical (unpaired) electrons. The third-order valence-electron chi connectivity index (χ3n) is 5.06. The number of para-hydroxylation sites is 1. The molecule has 0 saturated carbocycles. The minimum atomic E-state index is -4.70. The predicted molar refractivity (Wildman–Crippen MR) is 121 cm³/mol. The molecule has 1 aliphatic heterocycles. The van der Waals surface area contributed by atoms with E-state index < -0.39 is 17.6 Å². The number of hydrogen-bond donors (Lipinski definition) is 1. The lowest BCUT2D eigenvalue weighted by molar-refractivity contribution is -0.144. The summed E-state index contributed by atoms with van der Waals surface area (Å²) in [6.07, 6.45) is -4.70. The molecular formula is C21H19F3N4OS2. The number of nitrogens with one attached hydrogen (secondary N) is 1. The monoisotopic (exact) mass is 464 g/mol. The molecule has 0 atom stereocenters. The molecule has 2 aromatic carbocycles. The number of hydrogen-bond acceptors (Lipinski definition) is 5. The Morgan fingerprint density at radius 2 is 1.81 bits per heavy atom. The number of thioether (sulfide) groups is 1. The van der Waals surface area contributed by atoms with Crippen LogP contribution >= 0.6 is 24.0 Å². The van der Waals surface area contributed by atoms with E-state index in [1.807, 2.05) is 23.2 Å². The first-order valence-corrected chi connectivity index (χ1v) is 11.0. The maximum Gasteiger partial charge on any atom is 0.449 e. The molecule has 4 rings (SSSR count). The molecule has 3 aromatic rings. The van der Waals surface area contributed by atoms with Crippen molar-refractivity contribution in [3.8, 4) is 0 Å². The molecule has 1 aliphatic rings. The maximum absolute atomic E-state index is 12.8. The fourth-order valence-corrected chi connectivity index (χ4v) is 4.63. The molecule has 1 aromatic heterocycles. The van der Waals surface area contributed by atoms with Crippen LogP contribution in [0.15, 0.2) is 53.3 Å². The number of rotatable bonds is 3. The van der Waals surface area contributed by atoms with Gasteiger partial charge in [-0.05, 0) is 29.8 Å². The maximum atomic E-state index is 12.8. The zero-order valence-corrected chi connectivity index (χ0v) is 18.0. The van der Waals surface area contributed by atoms with Gasteiger partial charge in [0, 0.05) is 37.6 Å². The largest absolute Gasteiger partial charge is 0.449 e. The number of benzene rings is 2. The van der Waals surface area contributed by atoms with Crippen LogP contribution in [0, 0.1) is 0 Å². The molecule has 2 heterocycles. The smallest absolute Gasteiger partial charge is 0.368 e. The van der Waals surface area contributed by atoms with Crippen LogP contribution in [0.2, 0.25) is 0 Å². The van der Waals surface area contributed by atoms with Gasteiger partial charge < -0.3 is 14.8 Å². The van der Waals surface area contributed by atoms with Gasteiger partial charge in [0.25, 0.3) is 5.56 Å². The molecule has 0 bridgehead atoms. The van der Waals surface area contributed by atoms with Crippen LogP contribution in [-0.2, 0) is 11.9 Å². The van der Waals surface area contributed by atoms with Crippen LogP contribution in [0.25, 0.3) is 10.9 Å². The van der Waals surface area contributed by atoms with Crippen molar-refractivity contribution in [2.75, 3.05) is 31.1 Å². The van der Waals surface area contributed by atoms with Crippen LogP contribution < -0.4 is 10.5 Å². The molecule has 1 N–H and O–H groups in total. The first-order valence-electron chi connectivity index (χ1n) is 9.63. The van der Waals surface area contributed by atoms with Crippen molar-refractivity contribution >= 4 is 44.9 Å². The number of nitrogens with zero attached hydrogens (tertiary/aromatic N) is 3. The Morgan fingerprint density at radius 3 is 2.48 bits per heavy atom. The van der Waals surface area contributed by atoms with Crippen molar-refractivity contribution in [2.24, 2.45) is 0 Å². The van der Waals surface area contributed by atoms with Gasteiger partial charge in [-0.25, -0.2) is 4.98 Å². The molecule has 1 saturated heterocycles. The van der Waals surface area contributed by atoms with Gasteiger partial charge in [0.05, 0.1) is 10.9 Å². The minimum absolute atomic E-state index is 0.0180. The van der Waals surface area contributed by atoms with Gasteiger partial charge in [0.15, 0.2) is 0 Å². The van der Waals surface area contributed by atoms with Gasteiger partial charge in [-0.3, -0.25) is 4.79 Å². The third-order valence-corrected chi connectivity index (χ3v) is 6.65. The number of H-pyrrole nitrogens is 1. The van der Waals surface area contributed by atoms with Gasteiger partial charge in [-0.15, -0.1) is 0 Å². The van der Waals surface area contributed by atoms with Crippen molar-refractivity contribution in [3.05, 3.63) is 70.3 Å². The predicted octanol–water partition coefficient (Wildman–Crippen LogP) is 4.28. The van der Waals surface area contributed by atoms with Gasteiger partial charge in [0.1, 0.15) is 4.32 Å². The summed E-state index contributed by atoms with van der Waals surface area (Å²) in [6, 6.07) is 14.9. The van der Waals surface area contributed by atoms with E-state index in [2.05, 4.69) is 26.9 Å². The Morgan fingerprint density at radius 1 is 1.10 bits per heavy atom. The topological polar surface area (TPSA) is 52.2 Å². The molecule has 0 aliphatic carbocycles. The quantitative estimate of drug-likeness (QED) is 0.584. The Hall–Kier alpha value is -2.59. The second kappa shape index (κ2) is 8.88. The lowest BCUT2D eigenvalue weighted by Gasteiger charge is -2.37. The number of alkyl halides is 3. The molecule has 0 unspecified atom stereocenters. The summed E-state index contributed by atoms with van der Waals surface area (Å²) in [5, 5.41) is 0.133. The van der Waals surface area contributed by atoms with Crippen LogP contribution in [-0.4, -0.2) is 45.4 Å². The van der Waals surface area contributed by atoms with Crippen LogP contribution in [0.4, 0.5) is 18.9 Å². The van der Waals surface area contributed by atoms with Gasteiger partial charge >= 0.3 is 6.18 Å². The first kappa shape index (κ1) is 21.6. The highest BCUT2D eigenvalue weighted by molar-refractivity contribution is 8.22. The van der Waals surface area contributed by atoms with E-state index in [9.17, 15) is 18.0 Å². The lowest BCUT2D eigenvalue weighted by Crippen LogP contribution is -2.47. The van der Waals surface area contributed by atoms with Crippen molar-refractivity contribution < 1.29 is 13.2 Å². The summed E-state index contributed by atoms with van der Waals surface area (Å²) in [5.74, 6) is -0.767. The number of thiocarbonyl (C=S) groups is 1. The number of fused-ring (bicyclic) bond motifs is 1. The van der Waals surface area contributed by atoms with E-state index in [4.69, 9.17) is 12.2 Å². The van der Waals surface area contributed by atoms with E-state index in [-0.39, 0.29) is 10.9 Å². The van der Waals surface area contributed by atoms with Gasteiger partial charge in [0.2, 0.25) is 5.82 Å². The molecule has 0 spiro atoms. The lowest BCUT2D eigenvalue weighted by atomic mass is 10.1. The van der Waals surface area contributed by atoms with Crippen LogP contribution in [0.3, 0.4) is 0 Å². The zero-order valence-electron chi connectivity index (χ0n) is 16.4. The summed E-state index contributed by atoms with van der Waals surface area (Å²) in [6.45, 7) is 3.40. The van der Waals surface area contributed by atoms with Gasteiger partial charge in [-0.2, -0.15) is 13.2 Å². The van der Waals surface area contributed by atoms with E-state index in [1.165, 1.54) is 23.5 Å². The average molecular weight is 465 g/mol. The standard InChI is InChI=1S/C21H19F3N4OS2/c22-21(23,24)19-25-17-7-6-14(12-16(17)18(29)26-19)13-31-20(30)28-10-8-27(9-11-28)15-4-2-1-3-5-15/h1-7,12H,8-11,13H2,(H,25,26,29). The second-order valence-corrected chi connectivity index (χ2v) is 8.74. The molecule has 1 fully saturated rings. The second-order valence-electron chi connectivity index (χ2n) is 7.13. The fourth-order valence-electron chi connectivity index (χ4n) is 3.43. The molecule has 5 nitrogen and oxygen atoms in total. The van der Waals surface area contributed by atoms with E-state index in [0.717, 1.165) is 36.1 Å². The first-order chi connectivity index (χ1) is 14.8. The van der Waals surface area contributed by atoms with E-state index >= 15 is 0 Å². The number of halogens is 3. The summed E-state index contributed by atoms with van der Waals surface area (Å²) in [5.41, 5.74) is 1.22. The summed E-state index contributed by atoms with van der Waals surface area (Å²) in [4.78, 5) is 21.9. The summed E-state index contributed by atoms with van der Waals surface area (Å²) < 4.78 is 39.2. The molecular weight excluding hydrogens is 445 g/mol. The SMILES string of the molecule is O=c1[nH]c(C(F)(F)F)nc2ccc(CSC(=S)N3CCN(c4ccccc4)CC3)cc12. The third kappa shape index (κ3) is 5.01. The Labute approximate surface area is 186 Å².